The number of aromatic nitrogens is 4. The third-order valence-electron chi connectivity index (χ3n) is 6.81. The van der Waals surface area contributed by atoms with Crippen molar-refractivity contribution in [1.82, 2.24) is 23.8 Å². The molecule has 1 amide bonds. The Hall–Kier alpha value is -3.45. The lowest BCUT2D eigenvalue weighted by molar-refractivity contribution is 0.0724. The van der Waals surface area contributed by atoms with Gasteiger partial charge in [0.05, 0.1) is 5.69 Å². The summed E-state index contributed by atoms with van der Waals surface area (Å²) in [6.07, 6.45) is 6.46. The molecule has 4 heterocycles. The van der Waals surface area contributed by atoms with Crippen molar-refractivity contribution >= 4 is 23.3 Å². The summed E-state index contributed by atoms with van der Waals surface area (Å²) < 4.78 is 3.70. The van der Waals surface area contributed by atoms with Crippen molar-refractivity contribution in [2.75, 3.05) is 6.54 Å². The van der Waals surface area contributed by atoms with Gasteiger partial charge in [-0.25, -0.2) is 9.97 Å². The Balaban J connectivity index is 1.42. The first-order valence-corrected chi connectivity index (χ1v) is 12.0. The predicted molar refractivity (Wildman–Crippen MR) is 130 cm³/mol. The predicted octanol–water partition coefficient (Wildman–Crippen LogP) is 4.13. The van der Waals surface area contributed by atoms with Crippen LogP contribution in [0.1, 0.15) is 40.3 Å². The van der Waals surface area contributed by atoms with Crippen molar-refractivity contribution in [2.24, 2.45) is 5.92 Å². The van der Waals surface area contributed by atoms with Gasteiger partial charge in [0.1, 0.15) is 5.69 Å². The maximum atomic E-state index is 13.6. The number of benzene rings is 1. The number of hydrogen-bond donors (Lipinski definition) is 0. The number of carbonyl (C=O) groups is 1. The van der Waals surface area contributed by atoms with E-state index >= 15 is 0 Å². The zero-order valence-corrected chi connectivity index (χ0v) is 19.6. The summed E-state index contributed by atoms with van der Waals surface area (Å²) >= 11 is 6.23. The highest BCUT2D eigenvalue weighted by Crippen LogP contribution is 2.33. The summed E-state index contributed by atoms with van der Waals surface area (Å²) in [6, 6.07) is 11.2. The molecule has 1 aromatic carbocycles. The smallest absolute Gasteiger partial charge is 0.273 e. The zero-order chi connectivity index (χ0) is 23.4. The van der Waals surface area contributed by atoms with Crippen LogP contribution in [-0.2, 0) is 19.5 Å². The summed E-state index contributed by atoms with van der Waals surface area (Å²) in [7, 11) is 0. The number of pyridine rings is 1. The lowest BCUT2D eigenvalue weighted by atomic mass is 9.98. The van der Waals surface area contributed by atoms with E-state index in [1.807, 2.05) is 46.9 Å². The lowest BCUT2D eigenvalue weighted by Gasteiger charge is -2.31. The average molecular weight is 474 g/mol. The molecule has 1 aliphatic heterocycles. The summed E-state index contributed by atoms with van der Waals surface area (Å²) in [5.74, 6) is 1.000. The molecule has 3 aromatic heterocycles. The van der Waals surface area contributed by atoms with E-state index < -0.39 is 0 Å². The van der Waals surface area contributed by atoms with E-state index in [0.29, 0.717) is 53.2 Å². The monoisotopic (exact) mass is 473 g/mol. The minimum Gasteiger partial charge on any atom is -0.333 e. The van der Waals surface area contributed by atoms with Crippen LogP contribution in [0.5, 0.6) is 0 Å². The highest BCUT2D eigenvalue weighted by molar-refractivity contribution is 6.30. The molecule has 0 spiro atoms. The molecule has 1 fully saturated rings. The number of imidazole rings is 1. The number of aryl methyl sites for hydroxylation is 1. The molecule has 0 N–H and O–H groups in total. The average Bonchev–Trinajstić information content (AvgIpc) is 3.59. The molecule has 7 nitrogen and oxygen atoms in total. The molecule has 1 saturated carbocycles. The van der Waals surface area contributed by atoms with Crippen LogP contribution >= 0.6 is 11.6 Å². The first kappa shape index (κ1) is 21.1. The maximum Gasteiger partial charge on any atom is 0.273 e. The fraction of sp³-hybridized carbons (Fsp3) is 0.308. The molecule has 2 aliphatic rings. The second-order valence-electron chi connectivity index (χ2n) is 9.21. The van der Waals surface area contributed by atoms with Crippen molar-refractivity contribution < 1.29 is 4.79 Å². The molecular weight excluding hydrogens is 450 g/mol. The van der Waals surface area contributed by atoms with Gasteiger partial charge in [-0.1, -0.05) is 23.7 Å². The van der Waals surface area contributed by atoms with Crippen molar-refractivity contribution in [3.8, 4) is 11.1 Å². The molecular formula is C26H24ClN5O2. The summed E-state index contributed by atoms with van der Waals surface area (Å²) in [5, 5.41) is 0.594. The van der Waals surface area contributed by atoms with Gasteiger partial charge < -0.3 is 9.47 Å². The van der Waals surface area contributed by atoms with Crippen LogP contribution < -0.4 is 5.56 Å². The van der Waals surface area contributed by atoms with Gasteiger partial charge in [-0.05, 0) is 61.1 Å². The Morgan fingerprint density at radius 3 is 2.85 bits per heavy atom. The Morgan fingerprint density at radius 1 is 1.21 bits per heavy atom. The Morgan fingerprint density at radius 2 is 2.06 bits per heavy atom. The Bertz CT molecular complexity index is 1500. The van der Waals surface area contributed by atoms with Crippen LogP contribution in [0, 0.1) is 12.8 Å². The Kier molecular flexibility index (Phi) is 5.03. The maximum absolute atomic E-state index is 13.6. The molecule has 0 atom stereocenters. The minimum absolute atomic E-state index is 0.0244. The topological polar surface area (TPSA) is 72.5 Å². The molecule has 0 unspecified atom stereocenters. The molecule has 4 aromatic rings. The molecule has 1 aliphatic carbocycles. The van der Waals surface area contributed by atoms with Crippen molar-refractivity contribution in [1.29, 1.82) is 0 Å². The van der Waals surface area contributed by atoms with Gasteiger partial charge in [0.2, 0.25) is 5.78 Å². The molecule has 8 heteroatoms. The number of nitrogens with zero attached hydrogens (tertiary/aromatic N) is 5. The molecule has 0 saturated heterocycles. The number of rotatable bonds is 4. The van der Waals surface area contributed by atoms with E-state index in [1.54, 1.807) is 22.7 Å². The van der Waals surface area contributed by atoms with Crippen molar-refractivity contribution in [3.63, 3.8) is 0 Å². The summed E-state index contributed by atoms with van der Waals surface area (Å²) in [4.78, 5) is 37.7. The lowest BCUT2D eigenvalue weighted by Crippen LogP contribution is -2.40. The quantitative estimate of drug-likeness (QED) is 0.447. The van der Waals surface area contributed by atoms with Crippen LogP contribution in [0.3, 0.4) is 0 Å². The van der Waals surface area contributed by atoms with Crippen molar-refractivity contribution in [2.45, 2.75) is 39.3 Å². The normalized spacial score (nSPS) is 15.5. The van der Waals surface area contributed by atoms with Gasteiger partial charge in [0.15, 0.2) is 0 Å². The summed E-state index contributed by atoms with van der Waals surface area (Å²) in [6.45, 7) is 3.57. The second-order valence-corrected chi connectivity index (χ2v) is 9.65. The molecule has 6 rings (SSSR count). The first-order valence-electron chi connectivity index (χ1n) is 11.6. The van der Waals surface area contributed by atoms with Crippen LogP contribution in [0.4, 0.5) is 0 Å². The zero-order valence-electron chi connectivity index (χ0n) is 18.9. The van der Waals surface area contributed by atoms with Gasteiger partial charge in [0, 0.05) is 54.7 Å². The van der Waals surface area contributed by atoms with Gasteiger partial charge >= 0.3 is 0 Å². The van der Waals surface area contributed by atoms with E-state index in [0.717, 1.165) is 36.2 Å². The number of hydrogen-bond acceptors (Lipinski definition) is 4. The molecule has 34 heavy (non-hydrogen) atoms. The third kappa shape index (κ3) is 3.60. The fourth-order valence-electron chi connectivity index (χ4n) is 4.91. The van der Waals surface area contributed by atoms with Gasteiger partial charge in [-0.15, -0.1) is 0 Å². The van der Waals surface area contributed by atoms with Crippen LogP contribution in [0.25, 0.3) is 16.9 Å². The second kappa shape index (κ2) is 8.09. The van der Waals surface area contributed by atoms with Gasteiger partial charge in [-0.2, -0.15) is 0 Å². The highest BCUT2D eigenvalue weighted by atomic mass is 35.5. The molecule has 0 bridgehead atoms. The number of amides is 1. The minimum atomic E-state index is -0.0760. The van der Waals surface area contributed by atoms with Gasteiger partial charge in [-0.3, -0.25) is 14.0 Å². The van der Waals surface area contributed by atoms with Crippen LogP contribution in [0.15, 0.2) is 53.6 Å². The third-order valence-corrected chi connectivity index (χ3v) is 7.05. The van der Waals surface area contributed by atoms with Crippen LogP contribution in [-0.4, -0.2) is 36.3 Å². The molecule has 0 radical (unpaired) electrons. The number of fused-ring (bicyclic) bond motifs is 2. The SMILES string of the molecule is Cc1nc2ncccn2c1C(=O)N1CCc2c(cc(-c3cccc(Cl)c3)c(=O)n2CC2CC2)C1. The Labute approximate surface area is 201 Å². The van der Waals surface area contributed by atoms with Gasteiger partial charge in [0.25, 0.3) is 11.5 Å². The van der Waals surface area contributed by atoms with E-state index in [9.17, 15) is 9.59 Å². The number of halogens is 1. The fourth-order valence-corrected chi connectivity index (χ4v) is 5.10. The van der Waals surface area contributed by atoms with E-state index in [2.05, 4.69) is 9.97 Å². The first-order chi connectivity index (χ1) is 16.5. The van der Waals surface area contributed by atoms with E-state index in [4.69, 9.17) is 11.6 Å². The van der Waals surface area contributed by atoms with E-state index in [-0.39, 0.29) is 11.5 Å². The largest absolute Gasteiger partial charge is 0.333 e. The van der Waals surface area contributed by atoms with Crippen molar-refractivity contribution in [3.05, 3.63) is 86.8 Å². The van der Waals surface area contributed by atoms with Crippen LogP contribution in [0.2, 0.25) is 5.02 Å². The number of carbonyl (C=O) groups excluding carboxylic acids is 1. The highest BCUT2D eigenvalue weighted by Gasteiger charge is 2.30. The molecule has 172 valence electrons. The van der Waals surface area contributed by atoms with E-state index in [1.165, 1.54) is 0 Å². The summed E-state index contributed by atoms with van der Waals surface area (Å²) in [5.41, 5.74) is 4.71. The standard InChI is InChI=1S/C26H24ClN5O2/c1-16-23(31-10-3-9-28-26(31)29-16)25(34)30-11-8-22-19(15-30)13-21(18-4-2-5-20(27)12-18)24(33)32(22)14-17-6-7-17/h2-5,9-10,12-13,17H,6-8,11,14-15H2,1H3.